The van der Waals surface area contributed by atoms with Crippen LogP contribution in [0.2, 0.25) is 0 Å². The molecule has 2 aliphatic heterocycles. The van der Waals surface area contributed by atoms with E-state index in [1.165, 1.54) is 0 Å². The van der Waals surface area contributed by atoms with Gasteiger partial charge in [0.1, 0.15) is 10.6 Å². The highest BCUT2D eigenvalue weighted by Gasteiger charge is 2.64. The van der Waals surface area contributed by atoms with E-state index in [2.05, 4.69) is 4.72 Å². The lowest BCUT2D eigenvalue weighted by Gasteiger charge is -2.54. The van der Waals surface area contributed by atoms with Crippen LogP contribution in [0.15, 0.2) is 77.7 Å². The van der Waals surface area contributed by atoms with Crippen molar-refractivity contribution in [3.63, 3.8) is 0 Å². The number of alkyl halides is 3. The molecule has 3 aromatic rings. The monoisotopic (exact) mass is 653 g/mol. The first kappa shape index (κ1) is 30.7. The first-order chi connectivity index (χ1) is 20.8. The number of benzene rings is 3. The van der Waals surface area contributed by atoms with Gasteiger partial charge in [-0.15, -0.1) is 0 Å². The molecule has 3 aromatic carbocycles. The van der Waals surface area contributed by atoms with Crippen LogP contribution >= 0.6 is 0 Å². The molecule has 0 radical (unpaired) electrons. The van der Waals surface area contributed by atoms with Crippen molar-refractivity contribution in [2.75, 3.05) is 6.61 Å². The molecule has 2 fully saturated rings. The number of hydrogen-bond acceptors (Lipinski definition) is 5. The smallest absolute Gasteiger partial charge is 0.416 e. The van der Waals surface area contributed by atoms with Gasteiger partial charge in [-0.3, -0.25) is 0 Å². The van der Waals surface area contributed by atoms with Crippen LogP contribution in [0.25, 0.3) is 6.08 Å². The number of hydrogen-bond donors (Lipinski definition) is 1. The minimum Gasteiger partial charge on any atom is -0.490 e. The highest BCUT2D eigenvalue weighted by Crippen LogP contribution is 2.59. The van der Waals surface area contributed by atoms with E-state index in [9.17, 15) is 30.0 Å². The molecule has 2 heterocycles. The Bertz CT molecular complexity index is 1810. The average molecular weight is 654 g/mol. The Balaban J connectivity index is 1.44. The van der Waals surface area contributed by atoms with E-state index in [-0.39, 0.29) is 32.3 Å². The summed E-state index contributed by atoms with van der Waals surface area (Å²) in [5, 5.41) is -0.952. The Labute approximate surface area is 251 Å². The van der Waals surface area contributed by atoms with Crippen LogP contribution in [0, 0.1) is 23.5 Å². The predicted molar refractivity (Wildman–Crippen MR) is 153 cm³/mol. The zero-order chi connectivity index (χ0) is 31.5. The third-order valence-corrected chi connectivity index (χ3v) is 13.6. The molecule has 0 bridgehead atoms. The number of allylic oxidation sites excluding steroid dienone is 1. The summed E-state index contributed by atoms with van der Waals surface area (Å²) in [6.07, 6.45) is -1.42. The topological polar surface area (TPSA) is 89.5 Å². The van der Waals surface area contributed by atoms with Crippen molar-refractivity contribution >= 4 is 25.9 Å². The van der Waals surface area contributed by atoms with Gasteiger partial charge in [-0.1, -0.05) is 42.5 Å². The molecular weight excluding hydrogens is 625 g/mol. The van der Waals surface area contributed by atoms with Crippen molar-refractivity contribution < 1.29 is 43.5 Å². The van der Waals surface area contributed by atoms with Crippen molar-refractivity contribution in [1.82, 2.24) is 4.72 Å². The van der Waals surface area contributed by atoms with Crippen molar-refractivity contribution in [2.45, 2.75) is 52.8 Å². The summed E-state index contributed by atoms with van der Waals surface area (Å²) in [5.41, 5.74) is -0.714. The molecule has 3 aliphatic rings. The largest absolute Gasteiger partial charge is 0.490 e. The zero-order valence-corrected chi connectivity index (χ0v) is 24.7. The van der Waals surface area contributed by atoms with Crippen molar-refractivity contribution in [2.24, 2.45) is 11.8 Å². The minimum atomic E-state index is -4.72. The number of sulfonamides is 1. The summed E-state index contributed by atoms with van der Waals surface area (Å²) in [5.74, 6) is -4.27. The van der Waals surface area contributed by atoms with Gasteiger partial charge in [-0.2, -0.15) is 13.2 Å². The van der Waals surface area contributed by atoms with Gasteiger partial charge in [0.25, 0.3) is 0 Å². The Kier molecular flexibility index (Phi) is 7.65. The fraction of sp³-hybridized carbons (Fsp3) is 0.355. The number of halogens is 5. The molecule has 1 saturated heterocycles. The lowest BCUT2D eigenvalue weighted by Crippen LogP contribution is -2.63. The van der Waals surface area contributed by atoms with Gasteiger partial charge < -0.3 is 4.74 Å². The molecular formula is C31H28F5NO5S2. The number of rotatable bonds is 5. The standard InChI is InChI=1S/C31H28F5NO5S2/c32-25-13-14-26(33)29-28(25)30(43(38,39)21-11-9-20(10-12-21)31(34,35)36)16-15-27-23(24(30)18-42-29)17-22(44(40,41)37-27)8-4-7-19-5-2-1-3-6-19/h1-7,9-14,22-24,27,37H,8,15-18H2/b7-4+/t22-,23+,24+,27-,30+/m1/s1. The summed E-state index contributed by atoms with van der Waals surface area (Å²) >= 11 is 0. The van der Waals surface area contributed by atoms with E-state index < -0.39 is 87.3 Å². The van der Waals surface area contributed by atoms with Crippen LogP contribution in [0.5, 0.6) is 5.75 Å². The van der Waals surface area contributed by atoms with E-state index in [1.54, 1.807) is 12.2 Å². The van der Waals surface area contributed by atoms with Crippen molar-refractivity contribution in [3.8, 4) is 5.75 Å². The Morgan fingerprint density at radius 2 is 1.66 bits per heavy atom. The maximum absolute atomic E-state index is 15.7. The van der Waals surface area contributed by atoms with Crippen LogP contribution in [-0.4, -0.2) is 34.7 Å². The van der Waals surface area contributed by atoms with Crippen LogP contribution in [0.4, 0.5) is 22.0 Å². The third-order valence-electron chi connectivity index (χ3n) is 9.12. The molecule has 6 rings (SSSR count). The van der Waals surface area contributed by atoms with Crippen molar-refractivity contribution in [1.29, 1.82) is 0 Å². The van der Waals surface area contributed by atoms with E-state index >= 15 is 8.78 Å². The SMILES string of the molecule is O=S1(=O)N[C@@H]2CC[C@@]3(S(=O)(=O)c4ccc(C(F)(F)F)cc4)c4c(F)ccc(F)c4OC[C@H]3[C@@H]2C[C@H]1C/C=C/c1ccccc1. The normalized spacial score (nSPS) is 28.0. The van der Waals surface area contributed by atoms with Crippen LogP contribution < -0.4 is 9.46 Å². The zero-order valence-electron chi connectivity index (χ0n) is 23.1. The second kappa shape index (κ2) is 11.0. The molecule has 0 aromatic heterocycles. The molecule has 6 nitrogen and oxygen atoms in total. The second-order valence-electron chi connectivity index (χ2n) is 11.4. The highest BCUT2D eigenvalue weighted by atomic mass is 32.2. The van der Waals surface area contributed by atoms with Gasteiger partial charge in [-0.05, 0) is 73.6 Å². The third kappa shape index (κ3) is 5.02. The predicted octanol–water partition coefficient (Wildman–Crippen LogP) is 6.24. The highest BCUT2D eigenvalue weighted by molar-refractivity contribution is 7.92. The quantitative estimate of drug-likeness (QED) is 0.330. The first-order valence-corrected chi connectivity index (χ1v) is 17.0. The fourth-order valence-corrected chi connectivity index (χ4v) is 11.2. The van der Waals surface area contributed by atoms with Crippen LogP contribution in [0.1, 0.15) is 42.4 Å². The van der Waals surface area contributed by atoms with Crippen LogP contribution in [-0.2, 0) is 30.8 Å². The molecule has 13 heteroatoms. The molecule has 0 amide bonds. The van der Waals surface area contributed by atoms with E-state index in [0.29, 0.717) is 12.1 Å². The minimum absolute atomic E-state index is 0.0176. The summed E-state index contributed by atoms with van der Waals surface area (Å²) in [6.45, 7) is -0.358. The molecule has 234 valence electrons. The maximum atomic E-state index is 15.7. The second-order valence-corrected chi connectivity index (χ2v) is 15.6. The lowest BCUT2D eigenvalue weighted by atomic mass is 9.64. The van der Waals surface area contributed by atoms with Gasteiger partial charge in [-0.25, -0.2) is 30.3 Å². The van der Waals surface area contributed by atoms with E-state index in [4.69, 9.17) is 4.74 Å². The first-order valence-electron chi connectivity index (χ1n) is 14.0. The number of ether oxygens (including phenoxy) is 1. The van der Waals surface area contributed by atoms with E-state index in [1.807, 2.05) is 30.3 Å². The van der Waals surface area contributed by atoms with Crippen LogP contribution in [0.3, 0.4) is 0 Å². The van der Waals surface area contributed by atoms with Gasteiger partial charge in [0.05, 0.1) is 27.9 Å². The molecule has 0 spiro atoms. The van der Waals surface area contributed by atoms with Crippen molar-refractivity contribution in [3.05, 3.63) is 101 Å². The average Bonchev–Trinajstić information content (AvgIpc) is 2.98. The molecule has 1 aliphatic carbocycles. The van der Waals surface area contributed by atoms with Gasteiger partial charge >= 0.3 is 6.18 Å². The lowest BCUT2D eigenvalue weighted by molar-refractivity contribution is -0.137. The number of sulfone groups is 1. The Morgan fingerprint density at radius 3 is 2.34 bits per heavy atom. The van der Waals surface area contributed by atoms with Gasteiger partial charge in [0.2, 0.25) is 10.0 Å². The van der Waals surface area contributed by atoms with E-state index in [0.717, 1.165) is 29.8 Å². The molecule has 44 heavy (non-hydrogen) atoms. The fourth-order valence-electron chi connectivity index (χ4n) is 7.06. The summed E-state index contributed by atoms with van der Waals surface area (Å²) < 4.78 is 132. The maximum Gasteiger partial charge on any atom is 0.416 e. The molecule has 5 atom stereocenters. The summed E-state index contributed by atoms with van der Waals surface area (Å²) in [4.78, 5) is -0.482. The molecule has 0 unspecified atom stereocenters. The number of nitrogens with one attached hydrogen (secondary N) is 1. The number of fused-ring (bicyclic) bond motifs is 5. The molecule has 1 N–H and O–H groups in total. The summed E-state index contributed by atoms with van der Waals surface area (Å²) in [6, 6.07) is 13.1. The molecule has 1 saturated carbocycles. The Morgan fingerprint density at radius 1 is 0.977 bits per heavy atom. The van der Waals surface area contributed by atoms with Gasteiger partial charge in [0.15, 0.2) is 21.4 Å². The van der Waals surface area contributed by atoms with Gasteiger partial charge in [0, 0.05) is 12.0 Å². The Hall–Kier alpha value is -3.29. The summed E-state index contributed by atoms with van der Waals surface area (Å²) in [7, 11) is -8.51.